The molecule has 1 heterocycles. The zero-order chi connectivity index (χ0) is 37.6. The first kappa shape index (κ1) is 41.3. The first-order chi connectivity index (χ1) is 24.3. The van der Waals surface area contributed by atoms with E-state index in [2.05, 4.69) is 21.3 Å². The molecular formula is C37H49Cl2N5O7. The summed E-state index contributed by atoms with van der Waals surface area (Å²) in [6, 6.07) is 14.2. The molecule has 0 saturated carbocycles. The third kappa shape index (κ3) is 12.8. The van der Waals surface area contributed by atoms with Crippen molar-refractivity contribution in [3.8, 4) is 0 Å². The van der Waals surface area contributed by atoms with E-state index < -0.39 is 65.8 Å². The Morgan fingerprint density at radius 2 is 1.51 bits per heavy atom. The predicted molar refractivity (Wildman–Crippen MR) is 195 cm³/mol. The number of Topliss-reactive ketones (excluding diaryl/α,β-unsaturated/α-hetero) is 1. The summed E-state index contributed by atoms with van der Waals surface area (Å²) in [5.74, 6) is -3.50. The van der Waals surface area contributed by atoms with Crippen molar-refractivity contribution in [3.63, 3.8) is 0 Å². The molecular weight excluding hydrogens is 697 g/mol. The molecule has 14 heteroatoms. The van der Waals surface area contributed by atoms with Crippen molar-refractivity contribution in [2.45, 2.75) is 96.5 Å². The molecule has 2 unspecified atom stereocenters. The lowest BCUT2D eigenvalue weighted by atomic mass is 9.95. The number of ketones is 1. The Balaban J connectivity index is 0.00000226. The number of likely N-dealkylation sites (tertiary alicyclic amines) is 1. The molecule has 2 aromatic rings. The molecule has 12 nitrogen and oxygen atoms in total. The highest BCUT2D eigenvalue weighted by atomic mass is 35.5. The van der Waals surface area contributed by atoms with Gasteiger partial charge in [-0.2, -0.15) is 0 Å². The van der Waals surface area contributed by atoms with Gasteiger partial charge < -0.3 is 30.9 Å². The molecule has 1 saturated heterocycles. The number of carbonyl (C=O) groups is 6. The van der Waals surface area contributed by atoms with Crippen molar-refractivity contribution < 1.29 is 33.5 Å². The van der Waals surface area contributed by atoms with Gasteiger partial charge in [0.05, 0.1) is 17.9 Å². The van der Waals surface area contributed by atoms with Gasteiger partial charge in [0.1, 0.15) is 17.7 Å². The summed E-state index contributed by atoms with van der Waals surface area (Å²) in [4.78, 5) is 80.3. The van der Waals surface area contributed by atoms with Crippen molar-refractivity contribution in [2.24, 2.45) is 5.92 Å². The summed E-state index contributed by atoms with van der Waals surface area (Å²) in [7, 11) is 0. The molecule has 0 radical (unpaired) electrons. The van der Waals surface area contributed by atoms with Crippen LogP contribution in [-0.4, -0.2) is 82.6 Å². The summed E-state index contributed by atoms with van der Waals surface area (Å²) in [5, 5.41) is 10.7. The van der Waals surface area contributed by atoms with E-state index in [0.29, 0.717) is 38.6 Å². The highest BCUT2D eigenvalue weighted by Gasteiger charge is 2.43. The number of halogens is 2. The standard InChI is InChI=1S/C36H47N5O7.CH2Cl2/c1-5-12-27(31(43)33(45)38-22-29(42)37-21-23-13-7-6-8-14-23)39-32(44)28-17-11-18-41(28)34(46)30(40-35(47)48-36(2,3)4)26-19-24-15-9-10-16-25(24)20-26;2-1-3/h6-10,13-16,26-28,30H,5,11-12,17-22H2,1-4H3,(H,37,42)(H,38,45)(H,39,44)(H,40,47);1H2/t27?,28-,30?;/m0./s1. The van der Waals surface area contributed by atoms with Crippen molar-refractivity contribution in [2.75, 3.05) is 18.4 Å². The molecule has 2 aromatic carbocycles. The number of ether oxygens (including phenoxy) is 1. The van der Waals surface area contributed by atoms with Crippen LogP contribution in [0, 0.1) is 5.92 Å². The molecule has 3 atom stereocenters. The van der Waals surface area contributed by atoms with Gasteiger partial charge in [0.2, 0.25) is 23.5 Å². The predicted octanol–water partition coefficient (Wildman–Crippen LogP) is 3.99. The fourth-order valence-corrected chi connectivity index (χ4v) is 6.22. The monoisotopic (exact) mass is 745 g/mol. The van der Waals surface area contributed by atoms with Crippen LogP contribution in [-0.2, 0) is 48.1 Å². The Morgan fingerprint density at radius 1 is 0.902 bits per heavy atom. The highest BCUT2D eigenvalue weighted by Crippen LogP contribution is 2.31. The zero-order valence-corrected chi connectivity index (χ0v) is 31.1. The van der Waals surface area contributed by atoms with Gasteiger partial charge in [-0.3, -0.25) is 24.0 Å². The summed E-state index contributed by atoms with van der Waals surface area (Å²) in [6.07, 6.45) is 2.06. The molecule has 1 fully saturated rings. The third-order valence-electron chi connectivity index (χ3n) is 8.51. The third-order valence-corrected chi connectivity index (χ3v) is 8.51. The van der Waals surface area contributed by atoms with Crippen molar-refractivity contribution in [3.05, 3.63) is 71.3 Å². The van der Waals surface area contributed by atoms with E-state index in [9.17, 15) is 28.8 Å². The van der Waals surface area contributed by atoms with Crippen LogP contribution >= 0.6 is 23.2 Å². The van der Waals surface area contributed by atoms with Crippen molar-refractivity contribution in [1.29, 1.82) is 0 Å². The quantitative estimate of drug-likeness (QED) is 0.178. The lowest BCUT2D eigenvalue weighted by Gasteiger charge is -2.32. The number of benzene rings is 2. The highest BCUT2D eigenvalue weighted by molar-refractivity contribution is 6.40. The van der Waals surface area contributed by atoms with Gasteiger partial charge in [-0.05, 0) is 75.5 Å². The summed E-state index contributed by atoms with van der Waals surface area (Å²) in [6.45, 7) is 7.22. The number of fused-ring (bicyclic) bond motifs is 1. The molecule has 0 bridgehead atoms. The molecule has 278 valence electrons. The van der Waals surface area contributed by atoms with Crippen LogP contribution in [0.1, 0.15) is 70.1 Å². The summed E-state index contributed by atoms with van der Waals surface area (Å²) < 4.78 is 5.49. The van der Waals surface area contributed by atoms with E-state index in [-0.39, 0.29) is 24.2 Å². The molecule has 51 heavy (non-hydrogen) atoms. The van der Waals surface area contributed by atoms with Gasteiger partial charge in [-0.25, -0.2) is 4.79 Å². The number of hydrogen-bond donors (Lipinski definition) is 4. The normalized spacial score (nSPS) is 16.4. The second-order valence-electron chi connectivity index (χ2n) is 13.5. The average Bonchev–Trinajstić information content (AvgIpc) is 3.76. The molecule has 0 aromatic heterocycles. The molecule has 4 rings (SSSR count). The second-order valence-corrected chi connectivity index (χ2v) is 14.3. The van der Waals surface area contributed by atoms with Crippen LogP contribution in [0.5, 0.6) is 0 Å². The number of nitrogens with zero attached hydrogens (tertiary/aromatic N) is 1. The Labute approximate surface area is 309 Å². The van der Waals surface area contributed by atoms with Gasteiger partial charge >= 0.3 is 6.09 Å². The maximum absolute atomic E-state index is 14.2. The minimum Gasteiger partial charge on any atom is -0.444 e. The van der Waals surface area contributed by atoms with Gasteiger partial charge in [-0.1, -0.05) is 67.9 Å². The second kappa shape index (κ2) is 20.0. The maximum atomic E-state index is 14.2. The van der Waals surface area contributed by atoms with E-state index in [1.54, 1.807) is 20.8 Å². The molecule has 2 aliphatic rings. The Hall–Kier alpha value is -4.16. The molecule has 0 spiro atoms. The van der Waals surface area contributed by atoms with E-state index in [1.807, 2.05) is 61.5 Å². The lowest BCUT2D eigenvalue weighted by molar-refractivity contribution is -0.143. The van der Waals surface area contributed by atoms with E-state index in [0.717, 1.165) is 16.7 Å². The summed E-state index contributed by atoms with van der Waals surface area (Å²) in [5.41, 5.74) is 2.33. The Morgan fingerprint density at radius 3 is 2.10 bits per heavy atom. The maximum Gasteiger partial charge on any atom is 0.408 e. The van der Waals surface area contributed by atoms with Gasteiger partial charge in [0, 0.05) is 13.1 Å². The van der Waals surface area contributed by atoms with Crippen LogP contribution in [0.3, 0.4) is 0 Å². The number of alkyl halides is 2. The van der Waals surface area contributed by atoms with E-state index in [4.69, 9.17) is 27.9 Å². The first-order valence-corrected chi connectivity index (χ1v) is 18.3. The minimum atomic E-state index is -1.13. The molecule has 1 aliphatic heterocycles. The number of hydrogen-bond acceptors (Lipinski definition) is 7. The number of amides is 5. The van der Waals surface area contributed by atoms with Gasteiger partial charge in [0.25, 0.3) is 5.91 Å². The Kier molecular flexibility index (Phi) is 16.2. The lowest BCUT2D eigenvalue weighted by Crippen LogP contribution is -2.58. The van der Waals surface area contributed by atoms with E-state index >= 15 is 0 Å². The number of rotatable bonds is 13. The van der Waals surface area contributed by atoms with Gasteiger partial charge in [0.15, 0.2) is 0 Å². The molecule has 1 aliphatic carbocycles. The van der Waals surface area contributed by atoms with Crippen LogP contribution in [0.25, 0.3) is 0 Å². The average molecular weight is 747 g/mol. The van der Waals surface area contributed by atoms with Crippen LogP contribution in [0.2, 0.25) is 0 Å². The molecule has 4 N–H and O–H groups in total. The van der Waals surface area contributed by atoms with Crippen LogP contribution in [0.4, 0.5) is 4.79 Å². The SMILES string of the molecule is CCCC(NC(=O)[C@@H]1CCCN1C(=O)C(NC(=O)OC(C)(C)C)C1Cc2ccccc2C1)C(=O)C(=O)NCC(=O)NCc1ccccc1.ClCCl. The number of carbonyl (C=O) groups excluding carboxylic acids is 6. The minimum absolute atomic E-state index is 0.194. The molecule has 5 amide bonds. The van der Waals surface area contributed by atoms with Crippen molar-refractivity contribution in [1.82, 2.24) is 26.2 Å². The summed E-state index contributed by atoms with van der Waals surface area (Å²) >= 11 is 9.53. The van der Waals surface area contributed by atoms with Crippen molar-refractivity contribution >= 4 is 58.7 Å². The van der Waals surface area contributed by atoms with Crippen LogP contribution < -0.4 is 21.3 Å². The fourth-order valence-electron chi connectivity index (χ4n) is 6.22. The largest absolute Gasteiger partial charge is 0.444 e. The zero-order valence-electron chi connectivity index (χ0n) is 29.6. The Bertz CT molecular complexity index is 1490. The fraction of sp³-hybridized carbons (Fsp3) is 0.514. The van der Waals surface area contributed by atoms with Crippen LogP contribution in [0.15, 0.2) is 54.6 Å². The smallest absolute Gasteiger partial charge is 0.408 e. The first-order valence-electron chi connectivity index (χ1n) is 17.2. The topological polar surface area (TPSA) is 163 Å². The number of nitrogens with one attached hydrogen (secondary N) is 4. The van der Waals surface area contributed by atoms with Gasteiger partial charge in [-0.15, -0.1) is 23.2 Å². The number of alkyl carbamates (subject to hydrolysis) is 1. The van der Waals surface area contributed by atoms with E-state index in [1.165, 1.54) is 4.90 Å².